The lowest BCUT2D eigenvalue weighted by molar-refractivity contribution is -0.261. The van der Waals surface area contributed by atoms with Crippen LogP contribution in [0.3, 0.4) is 0 Å². The van der Waals surface area contributed by atoms with E-state index in [0.29, 0.717) is 19.4 Å². The standard InChI is InChI=1S/C27H52O6/c1-23-24(28)22-25(29)27(33-23)32-21-19-17-15-13-11-9-7-5-3-2-4-6-8-10-12-14-16-18-20-26(30)31/h23-25,27-29H,2-22H2,1H3,(H,30,31)/t23-,24+,25+,27+/m0/s1. The molecule has 0 amide bonds. The van der Waals surface area contributed by atoms with Crippen molar-refractivity contribution in [3.05, 3.63) is 0 Å². The molecule has 1 rings (SSSR count). The van der Waals surface area contributed by atoms with Crippen molar-refractivity contribution in [2.24, 2.45) is 0 Å². The average molecular weight is 473 g/mol. The van der Waals surface area contributed by atoms with E-state index in [2.05, 4.69) is 0 Å². The van der Waals surface area contributed by atoms with Gasteiger partial charge in [0, 0.05) is 19.4 Å². The number of aliphatic hydroxyl groups is 2. The second-order valence-electron chi connectivity index (χ2n) is 9.96. The van der Waals surface area contributed by atoms with Gasteiger partial charge in [-0.1, -0.05) is 103 Å². The van der Waals surface area contributed by atoms with Gasteiger partial charge in [0.05, 0.1) is 12.2 Å². The topological polar surface area (TPSA) is 96.2 Å². The first-order chi connectivity index (χ1) is 16.0. The fourth-order valence-corrected chi connectivity index (χ4v) is 4.50. The van der Waals surface area contributed by atoms with Gasteiger partial charge in [0.1, 0.15) is 6.10 Å². The first-order valence-corrected chi connectivity index (χ1v) is 13.9. The molecule has 0 aromatic carbocycles. The molecule has 0 saturated carbocycles. The van der Waals surface area contributed by atoms with Crippen molar-refractivity contribution in [2.75, 3.05) is 6.61 Å². The third kappa shape index (κ3) is 17.4. The van der Waals surface area contributed by atoms with Crippen LogP contribution in [0.2, 0.25) is 0 Å². The molecule has 1 aliphatic heterocycles. The van der Waals surface area contributed by atoms with E-state index in [-0.39, 0.29) is 6.10 Å². The zero-order chi connectivity index (χ0) is 24.2. The Morgan fingerprint density at radius 3 is 1.52 bits per heavy atom. The van der Waals surface area contributed by atoms with Crippen LogP contribution >= 0.6 is 0 Å². The number of carboxylic acids is 1. The predicted octanol–water partition coefficient (Wildman–Crippen LogP) is 6.36. The van der Waals surface area contributed by atoms with E-state index >= 15 is 0 Å². The van der Waals surface area contributed by atoms with E-state index in [1.54, 1.807) is 0 Å². The maximum Gasteiger partial charge on any atom is 0.303 e. The molecule has 0 spiro atoms. The van der Waals surface area contributed by atoms with Gasteiger partial charge in [0.15, 0.2) is 6.29 Å². The summed E-state index contributed by atoms with van der Waals surface area (Å²) in [6, 6.07) is 0. The van der Waals surface area contributed by atoms with Crippen molar-refractivity contribution in [3.8, 4) is 0 Å². The van der Waals surface area contributed by atoms with E-state index in [4.69, 9.17) is 14.6 Å². The first kappa shape index (κ1) is 30.3. The van der Waals surface area contributed by atoms with Gasteiger partial charge in [-0.3, -0.25) is 4.79 Å². The van der Waals surface area contributed by atoms with Gasteiger partial charge in [-0.05, 0) is 19.8 Å². The Hall–Kier alpha value is -0.690. The van der Waals surface area contributed by atoms with Gasteiger partial charge in [-0.25, -0.2) is 0 Å². The van der Waals surface area contributed by atoms with Gasteiger partial charge >= 0.3 is 5.97 Å². The lowest BCUT2D eigenvalue weighted by atomic mass is 10.0. The second-order valence-corrected chi connectivity index (χ2v) is 9.96. The van der Waals surface area contributed by atoms with E-state index in [1.165, 1.54) is 89.9 Å². The third-order valence-electron chi connectivity index (χ3n) is 6.75. The number of hydrogen-bond acceptors (Lipinski definition) is 5. The summed E-state index contributed by atoms with van der Waals surface area (Å²) in [7, 11) is 0. The predicted molar refractivity (Wildman–Crippen MR) is 132 cm³/mol. The van der Waals surface area contributed by atoms with Gasteiger partial charge in [-0.15, -0.1) is 0 Å². The molecular weight excluding hydrogens is 420 g/mol. The van der Waals surface area contributed by atoms with Crippen LogP contribution in [0.1, 0.15) is 135 Å². The Kier molecular flexibility index (Phi) is 19.0. The molecule has 6 nitrogen and oxygen atoms in total. The molecule has 0 aromatic heterocycles. The average Bonchev–Trinajstić information content (AvgIpc) is 2.77. The van der Waals surface area contributed by atoms with Crippen LogP contribution in [-0.4, -0.2) is 52.5 Å². The Labute approximate surface area is 202 Å². The van der Waals surface area contributed by atoms with Crippen molar-refractivity contribution in [3.63, 3.8) is 0 Å². The number of rotatable bonds is 22. The van der Waals surface area contributed by atoms with E-state index < -0.39 is 24.5 Å². The second kappa shape index (κ2) is 20.7. The molecule has 196 valence electrons. The van der Waals surface area contributed by atoms with E-state index in [9.17, 15) is 15.0 Å². The summed E-state index contributed by atoms with van der Waals surface area (Å²) < 4.78 is 11.2. The molecular formula is C27H52O6. The highest BCUT2D eigenvalue weighted by molar-refractivity contribution is 5.66. The molecule has 6 heteroatoms. The normalized spacial score (nSPS) is 23.1. The smallest absolute Gasteiger partial charge is 0.303 e. The highest BCUT2D eigenvalue weighted by atomic mass is 16.7. The summed E-state index contributed by atoms with van der Waals surface area (Å²) in [6.45, 7) is 2.42. The van der Waals surface area contributed by atoms with Gasteiger partial charge in [0.2, 0.25) is 0 Å². The molecule has 1 aliphatic rings. The molecule has 0 aromatic rings. The van der Waals surface area contributed by atoms with Crippen LogP contribution < -0.4 is 0 Å². The first-order valence-electron chi connectivity index (χ1n) is 13.9. The summed E-state index contributed by atoms with van der Waals surface area (Å²) in [5.74, 6) is -0.668. The quantitative estimate of drug-likeness (QED) is 0.159. The number of aliphatic carboxylic acids is 1. The number of hydrogen-bond donors (Lipinski definition) is 3. The minimum Gasteiger partial charge on any atom is -0.481 e. The fourth-order valence-electron chi connectivity index (χ4n) is 4.50. The van der Waals surface area contributed by atoms with E-state index in [0.717, 1.165) is 25.7 Å². The van der Waals surface area contributed by atoms with Crippen LogP contribution in [-0.2, 0) is 14.3 Å². The molecule has 4 atom stereocenters. The highest BCUT2D eigenvalue weighted by Gasteiger charge is 2.34. The van der Waals surface area contributed by atoms with Gasteiger partial charge < -0.3 is 24.8 Å². The summed E-state index contributed by atoms with van der Waals surface area (Å²) in [4.78, 5) is 10.4. The van der Waals surface area contributed by atoms with Crippen molar-refractivity contribution in [1.29, 1.82) is 0 Å². The molecule has 33 heavy (non-hydrogen) atoms. The minimum absolute atomic E-state index is 0.280. The van der Waals surface area contributed by atoms with Crippen molar-refractivity contribution < 1.29 is 29.6 Å². The van der Waals surface area contributed by atoms with Gasteiger partial charge in [-0.2, -0.15) is 0 Å². The molecule has 0 unspecified atom stereocenters. The third-order valence-corrected chi connectivity index (χ3v) is 6.75. The van der Waals surface area contributed by atoms with Crippen molar-refractivity contribution in [2.45, 2.75) is 160 Å². The van der Waals surface area contributed by atoms with Crippen LogP contribution in [0, 0.1) is 0 Å². The van der Waals surface area contributed by atoms with Crippen molar-refractivity contribution in [1.82, 2.24) is 0 Å². The molecule has 0 bridgehead atoms. The lowest BCUT2D eigenvalue weighted by Gasteiger charge is -2.35. The maximum atomic E-state index is 10.4. The molecule has 0 aliphatic carbocycles. The Morgan fingerprint density at radius 1 is 0.697 bits per heavy atom. The SMILES string of the molecule is C[C@@H]1O[C@@H](OCCCCCCCCCCCCCCCCCCCCC(=O)O)[C@H](O)C[C@H]1O. The van der Waals surface area contributed by atoms with E-state index in [1.807, 2.05) is 6.92 Å². The summed E-state index contributed by atoms with van der Waals surface area (Å²) in [6.07, 6.45) is 21.0. The summed E-state index contributed by atoms with van der Waals surface area (Å²) in [5.41, 5.74) is 0. The number of aliphatic hydroxyl groups excluding tert-OH is 2. The molecule has 1 heterocycles. The van der Waals surface area contributed by atoms with Gasteiger partial charge in [0.25, 0.3) is 0 Å². The Balaban J connectivity index is 1.72. The molecule has 1 fully saturated rings. The molecule has 1 saturated heterocycles. The van der Waals surface area contributed by atoms with Crippen LogP contribution in [0.25, 0.3) is 0 Å². The minimum atomic E-state index is -0.732. The maximum absolute atomic E-state index is 10.4. The summed E-state index contributed by atoms with van der Waals surface area (Å²) in [5, 5.41) is 28.2. The highest BCUT2D eigenvalue weighted by Crippen LogP contribution is 2.21. The lowest BCUT2D eigenvalue weighted by Crippen LogP contribution is -2.47. The number of unbranched alkanes of at least 4 members (excludes halogenated alkanes) is 17. The summed E-state index contributed by atoms with van der Waals surface area (Å²) >= 11 is 0. The zero-order valence-corrected chi connectivity index (χ0v) is 21.2. The fraction of sp³-hybridized carbons (Fsp3) is 0.963. The van der Waals surface area contributed by atoms with Crippen LogP contribution in [0.5, 0.6) is 0 Å². The molecule has 0 radical (unpaired) electrons. The van der Waals surface area contributed by atoms with Crippen LogP contribution in [0.15, 0.2) is 0 Å². The van der Waals surface area contributed by atoms with Crippen molar-refractivity contribution >= 4 is 5.97 Å². The monoisotopic (exact) mass is 472 g/mol. The number of ether oxygens (including phenoxy) is 2. The Morgan fingerprint density at radius 2 is 1.09 bits per heavy atom. The van der Waals surface area contributed by atoms with Crippen LogP contribution in [0.4, 0.5) is 0 Å². The largest absolute Gasteiger partial charge is 0.481 e. The number of carboxylic acid groups (broad SMARTS) is 1. The zero-order valence-electron chi connectivity index (χ0n) is 21.2. The Bertz CT molecular complexity index is 458. The molecule has 3 N–H and O–H groups in total. The number of carbonyl (C=O) groups is 1.